The lowest BCUT2D eigenvalue weighted by atomic mass is 10.3. The first-order valence-corrected chi connectivity index (χ1v) is 7.10. The fourth-order valence-electron chi connectivity index (χ4n) is 1.44. The van der Waals surface area contributed by atoms with E-state index in [4.69, 9.17) is 21.0 Å². The average molecular weight is 433 g/mol. The number of aromatic nitrogens is 1. The van der Waals surface area contributed by atoms with Crippen LogP contribution in [0.2, 0.25) is 0 Å². The number of anilines is 2. The van der Waals surface area contributed by atoms with Gasteiger partial charge in [0.05, 0.1) is 5.69 Å². The van der Waals surface area contributed by atoms with E-state index >= 15 is 0 Å². The Hall–Kier alpha value is -1.73. The van der Waals surface area contributed by atoms with Gasteiger partial charge < -0.3 is 21.0 Å². The van der Waals surface area contributed by atoms with E-state index in [2.05, 4.69) is 36.8 Å². The molecular formula is C15H19Br2N3O2. The molecule has 0 amide bonds. The topological polar surface area (TPSA) is 98.3 Å². The van der Waals surface area contributed by atoms with Crippen molar-refractivity contribution in [2.24, 2.45) is 0 Å². The van der Waals surface area contributed by atoms with E-state index < -0.39 is 0 Å². The number of rotatable bonds is 0. The predicted molar refractivity (Wildman–Crippen MR) is 99.8 cm³/mol. The Morgan fingerprint density at radius 1 is 0.955 bits per heavy atom. The van der Waals surface area contributed by atoms with Crippen molar-refractivity contribution in [3.63, 3.8) is 0 Å². The molecule has 1 heterocycles. The lowest BCUT2D eigenvalue weighted by Gasteiger charge is -1.96. The smallest absolute Gasteiger partial charge is 0.292 e. The van der Waals surface area contributed by atoms with Crippen LogP contribution in [0.5, 0.6) is 5.75 Å². The van der Waals surface area contributed by atoms with Gasteiger partial charge in [-0.25, -0.2) is 0 Å². The van der Waals surface area contributed by atoms with Crippen LogP contribution in [-0.4, -0.2) is 10.1 Å². The van der Waals surface area contributed by atoms with Crippen LogP contribution in [0, 0.1) is 0 Å². The molecule has 7 heteroatoms. The van der Waals surface area contributed by atoms with Crippen LogP contribution < -0.4 is 11.5 Å². The third kappa shape index (κ3) is 5.23. The number of halogens is 2. The van der Waals surface area contributed by atoms with Crippen molar-refractivity contribution in [3.8, 4) is 5.75 Å². The minimum atomic E-state index is 0. The zero-order valence-corrected chi connectivity index (χ0v) is 13.3. The first-order chi connectivity index (χ1) is 9.45. The molecule has 0 aliphatic heterocycles. The summed E-state index contributed by atoms with van der Waals surface area (Å²) in [6.45, 7) is 0. The number of phenols is 1. The number of nitrogens with zero attached hydrogens (tertiary/aromatic N) is 1. The van der Waals surface area contributed by atoms with Gasteiger partial charge in [0.25, 0.3) is 6.01 Å². The molecule has 3 aromatic rings. The standard InChI is InChI=1S/C7H5BrN2O.C6H6BrNO.2CH4/c8-4-1-2-6-5(3-4)10-7(9)11-6;7-4-1-2-6(9)5(8)3-4;;/h1-3H,(H2,9,10);1-3,9H,8H2;2*1H4. The lowest BCUT2D eigenvalue weighted by molar-refractivity contribution is 0.478. The van der Waals surface area contributed by atoms with E-state index in [0.717, 1.165) is 14.5 Å². The molecule has 5 nitrogen and oxygen atoms in total. The Balaban J connectivity index is 0.000000374. The second kappa shape index (κ2) is 8.65. The molecule has 22 heavy (non-hydrogen) atoms. The number of fused-ring (bicyclic) bond motifs is 1. The number of nitrogens with two attached hydrogens (primary N) is 2. The fraction of sp³-hybridized carbons (Fsp3) is 0.133. The molecule has 120 valence electrons. The molecule has 0 radical (unpaired) electrons. The monoisotopic (exact) mass is 431 g/mol. The van der Waals surface area contributed by atoms with E-state index in [-0.39, 0.29) is 26.6 Å². The predicted octanol–water partition coefficient (Wildman–Crippen LogP) is 5.18. The number of hydrogen-bond acceptors (Lipinski definition) is 5. The highest BCUT2D eigenvalue weighted by Gasteiger charge is 2.01. The second-order valence-electron chi connectivity index (χ2n) is 3.87. The van der Waals surface area contributed by atoms with Gasteiger partial charge in [0, 0.05) is 8.95 Å². The molecule has 0 fully saturated rings. The van der Waals surface area contributed by atoms with Gasteiger partial charge in [0.1, 0.15) is 11.3 Å². The maximum atomic E-state index is 8.90. The Morgan fingerprint density at radius 2 is 1.55 bits per heavy atom. The van der Waals surface area contributed by atoms with Crippen LogP contribution in [0.25, 0.3) is 11.1 Å². The minimum Gasteiger partial charge on any atom is -0.506 e. The number of phenolic OH excluding ortho intramolecular Hbond substituents is 1. The Labute approximate surface area is 146 Å². The van der Waals surface area contributed by atoms with Crippen molar-refractivity contribution in [1.82, 2.24) is 4.98 Å². The van der Waals surface area contributed by atoms with Crippen molar-refractivity contribution >= 4 is 54.7 Å². The average Bonchev–Trinajstić information content (AvgIpc) is 2.74. The first-order valence-electron chi connectivity index (χ1n) is 5.51. The molecule has 5 N–H and O–H groups in total. The summed E-state index contributed by atoms with van der Waals surface area (Å²) in [4.78, 5) is 3.96. The van der Waals surface area contributed by atoms with E-state index in [0.29, 0.717) is 11.3 Å². The quantitative estimate of drug-likeness (QED) is 0.335. The molecule has 0 spiro atoms. The molecule has 0 saturated heterocycles. The Morgan fingerprint density at radius 3 is 2.14 bits per heavy atom. The lowest BCUT2D eigenvalue weighted by Crippen LogP contribution is -1.83. The summed E-state index contributed by atoms with van der Waals surface area (Å²) in [5, 5.41) is 8.90. The van der Waals surface area contributed by atoms with E-state index in [1.165, 1.54) is 0 Å². The number of nitrogen functional groups attached to an aromatic ring is 2. The summed E-state index contributed by atoms with van der Waals surface area (Å²) in [5.74, 6) is 0.123. The van der Waals surface area contributed by atoms with Gasteiger partial charge >= 0.3 is 0 Å². The number of aromatic hydroxyl groups is 1. The molecule has 3 rings (SSSR count). The molecular weight excluding hydrogens is 414 g/mol. The van der Waals surface area contributed by atoms with E-state index in [1.807, 2.05) is 18.2 Å². The Bertz CT molecular complexity index is 745. The summed E-state index contributed by atoms with van der Waals surface area (Å²) < 4.78 is 6.91. The summed E-state index contributed by atoms with van der Waals surface area (Å²) in [5.41, 5.74) is 12.6. The van der Waals surface area contributed by atoms with Crippen molar-refractivity contribution in [2.45, 2.75) is 14.9 Å². The van der Waals surface area contributed by atoms with Gasteiger partial charge in [0.2, 0.25) is 0 Å². The van der Waals surface area contributed by atoms with E-state index in [1.54, 1.807) is 18.2 Å². The molecule has 0 saturated carbocycles. The molecule has 0 aliphatic rings. The zero-order chi connectivity index (χ0) is 14.7. The van der Waals surface area contributed by atoms with E-state index in [9.17, 15) is 0 Å². The molecule has 0 bridgehead atoms. The third-order valence-corrected chi connectivity index (χ3v) is 3.34. The van der Waals surface area contributed by atoms with Gasteiger partial charge in [-0.1, -0.05) is 46.7 Å². The largest absolute Gasteiger partial charge is 0.506 e. The number of hydrogen-bond donors (Lipinski definition) is 3. The van der Waals surface area contributed by atoms with Gasteiger partial charge in [-0.2, -0.15) is 4.98 Å². The SMILES string of the molecule is C.C.Nc1cc(Br)ccc1O.Nc1nc2cc(Br)ccc2o1. The summed E-state index contributed by atoms with van der Waals surface area (Å²) in [7, 11) is 0. The normalized spacial score (nSPS) is 9.18. The highest BCUT2D eigenvalue weighted by molar-refractivity contribution is 9.10. The van der Waals surface area contributed by atoms with Gasteiger partial charge in [0.15, 0.2) is 5.58 Å². The molecule has 0 aliphatic carbocycles. The zero-order valence-electron chi connectivity index (χ0n) is 10.2. The Kier molecular flexibility index (Phi) is 7.97. The van der Waals surface area contributed by atoms with Crippen LogP contribution in [0.4, 0.5) is 11.7 Å². The fourth-order valence-corrected chi connectivity index (χ4v) is 2.17. The highest BCUT2D eigenvalue weighted by Crippen LogP contribution is 2.23. The van der Waals surface area contributed by atoms with Crippen molar-refractivity contribution in [1.29, 1.82) is 0 Å². The second-order valence-corrected chi connectivity index (χ2v) is 5.70. The summed E-state index contributed by atoms with van der Waals surface area (Å²) in [6, 6.07) is 10.7. The van der Waals surface area contributed by atoms with Gasteiger partial charge in [-0.15, -0.1) is 0 Å². The van der Waals surface area contributed by atoms with Crippen molar-refractivity contribution in [3.05, 3.63) is 45.3 Å². The summed E-state index contributed by atoms with van der Waals surface area (Å²) in [6.07, 6.45) is 0. The maximum absolute atomic E-state index is 8.90. The maximum Gasteiger partial charge on any atom is 0.292 e. The van der Waals surface area contributed by atoms with Crippen LogP contribution in [-0.2, 0) is 0 Å². The third-order valence-electron chi connectivity index (χ3n) is 2.36. The molecule has 0 atom stereocenters. The highest BCUT2D eigenvalue weighted by atomic mass is 79.9. The van der Waals surface area contributed by atoms with Gasteiger partial charge in [-0.05, 0) is 36.4 Å². The number of oxazole rings is 1. The minimum absolute atomic E-state index is 0. The van der Waals surface area contributed by atoms with Crippen LogP contribution in [0.3, 0.4) is 0 Å². The molecule has 2 aromatic carbocycles. The first kappa shape index (κ1) is 20.3. The van der Waals surface area contributed by atoms with Crippen LogP contribution >= 0.6 is 31.9 Å². The van der Waals surface area contributed by atoms with Crippen LogP contribution in [0.1, 0.15) is 14.9 Å². The van der Waals surface area contributed by atoms with Crippen molar-refractivity contribution in [2.75, 3.05) is 11.5 Å². The van der Waals surface area contributed by atoms with Gasteiger partial charge in [-0.3, -0.25) is 0 Å². The number of benzene rings is 2. The van der Waals surface area contributed by atoms with Crippen LogP contribution in [0.15, 0.2) is 49.8 Å². The molecule has 0 unspecified atom stereocenters. The molecule has 1 aromatic heterocycles. The van der Waals surface area contributed by atoms with Crippen molar-refractivity contribution < 1.29 is 9.52 Å². The summed E-state index contributed by atoms with van der Waals surface area (Å²) >= 11 is 6.52.